The third-order valence-corrected chi connectivity index (χ3v) is 6.94. The number of nitrogens with two attached hydrogens (primary N) is 1. The first-order valence-electron chi connectivity index (χ1n) is 8.73. The maximum Gasteiger partial charge on any atom is 0.0590 e. The van der Waals surface area contributed by atoms with E-state index in [0.29, 0.717) is 5.54 Å². The first kappa shape index (κ1) is 13.5. The quantitative estimate of drug-likeness (QED) is 0.810. The summed E-state index contributed by atoms with van der Waals surface area (Å²) in [4.78, 5) is 2.82. The van der Waals surface area contributed by atoms with E-state index in [1.54, 1.807) is 0 Å². The van der Waals surface area contributed by atoms with E-state index in [0.717, 1.165) is 49.4 Å². The van der Waals surface area contributed by atoms with Crippen LogP contribution >= 0.6 is 0 Å². The molecule has 20 heavy (non-hydrogen) atoms. The Bertz CT molecular complexity index is 338. The summed E-state index contributed by atoms with van der Waals surface area (Å²) in [6.07, 6.45) is 10.1. The molecule has 0 aromatic heterocycles. The second kappa shape index (κ2) is 4.96. The lowest BCUT2D eigenvalue weighted by atomic mass is 9.48. The van der Waals surface area contributed by atoms with Crippen molar-refractivity contribution in [1.29, 1.82) is 0 Å². The number of ether oxygens (including phenoxy) is 1. The van der Waals surface area contributed by atoms with E-state index in [1.807, 2.05) is 7.11 Å². The average Bonchev–Trinajstić information content (AvgIpc) is 3.26. The average molecular weight is 278 g/mol. The maximum atomic E-state index is 6.44. The van der Waals surface area contributed by atoms with Gasteiger partial charge in [-0.25, -0.2) is 0 Å². The highest BCUT2D eigenvalue weighted by Gasteiger charge is 2.60. The standard InChI is InChI=1S/C17H30N2O/c1-20-5-4-19(16-2-3-16)17(11-18)14-7-12-6-13(9-14)10-15(17)8-12/h12-16H,2-11,18H2,1H3. The van der Waals surface area contributed by atoms with Gasteiger partial charge in [0.25, 0.3) is 0 Å². The molecule has 3 heteroatoms. The number of nitrogens with zero attached hydrogens (tertiary/aromatic N) is 1. The van der Waals surface area contributed by atoms with Gasteiger partial charge in [-0.05, 0) is 68.6 Å². The van der Waals surface area contributed by atoms with Gasteiger partial charge in [-0.1, -0.05) is 0 Å². The molecule has 0 spiro atoms. The molecular formula is C17H30N2O. The molecule has 0 aromatic rings. The summed E-state index contributed by atoms with van der Waals surface area (Å²) in [5, 5.41) is 0. The summed E-state index contributed by atoms with van der Waals surface area (Å²) < 4.78 is 5.40. The van der Waals surface area contributed by atoms with Crippen LogP contribution < -0.4 is 5.73 Å². The van der Waals surface area contributed by atoms with Gasteiger partial charge < -0.3 is 10.5 Å². The number of hydrogen-bond acceptors (Lipinski definition) is 3. The second-order valence-electron chi connectivity index (χ2n) is 7.92. The van der Waals surface area contributed by atoms with Crippen LogP contribution in [0.4, 0.5) is 0 Å². The Morgan fingerprint density at radius 2 is 1.65 bits per heavy atom. The first-order valence-corrected chi connectivity index (χ1v) is 8.73. The van der Waals surface area contributed by atoms with Crippen molar-refractivity contribution < 1.29 is 4.74 Å². The van der Waals surface area contributed by atoms with Crippen molar-refractivity contribution in [2.75, 3.05) is 26.8 Å². The van der Waals surface area contributed by atoms with E-state index in [9.17, 15) is 0 Å². The number of hydrogen-bond donors (Lipinski definition) is 1. The lowest BCUT2D eigenvalue weighted by Crippen LogP contribution is -2.70. The molecule has 5 aliphatic carbocycles. The van der Waals surface area contributed by atoms with Crippen LogP contribution in [0, 0.1) is 23.7 Å². The minimum absolute atomic E-state index is 0.327. The van der Waals surface area contributed by atoms with Crippen LogP contribution in [0.15, 0.2) is 0 Å². The summed E-state index contributed by atoms with van der Waals surface area (Å²) in [5.41, 5.74) is 6.77. The molecule has 0 saturated heterocycles. The van der Waals surface area contributed by atoms with Crippen molar-refractivity contribution >= 4 is 0 Å². The van der Waals surface area contributed by atoms with Gasteiger partial charge >= 0.3 is 0 Å². The van der Waals surface area contributed by atoms with Gasteiger partial charge in [0.05, 0.1) is 6.61 Å². The Balaban J connectivity index is 1.64. The maximum absolute atomic E-state index is 6.44. The second-order valence-corrected chi connectivity index (χ2v) is 7.92. The predicted octanol–water partition coefficient (Wildman–Crippen LogP) is 2.25. The van der Waals surface area contributed by atoms with Crippen molar-refractivity contribution in [3.05, 3.63) is 0 Å². The minimum Gasteiger partial charge on any atom is -0.383 e. The lowest BCUT2D eigenvalue weighted by Gasteiger charge is -2.64. The summed E-state index contributed by atoms with van der Waals surface area (Å²) >= 11 is 0. The molecule has 3 nitrogen and oxygen atoms in total. The molecule has 0 heterocycles. The van der Waals surface area contributed by atoms with Crippen molar-refractivity contribution in [2.45, 2.75) is 56.5 Å². The van der Waals surface area contributed by atoms with E-state index in [-0.39, 0.29) is 0 Å². The van der Waals surface area contributed by atoms with Crippen molar-refractivity contribution in [1.82, 2.24) is 4.90 Å². The van der Waals surface area contributed by atoms with Crippen LogP contribution in [0.3, 0.4) is 0 Å². The molecule has 0 aromatic carbocycles. The number of methoxy groups -OCH3 is 1. The van der Waals surface area contributed by atoms with Gasteiger partial charge in [-0.15, -0.1) is 0 Å². The molecular weight excluding hydrogens is 248 g/mol. The Morgan fingerprint density at radius 3 is 2.10 bits per heavy atom. The van der Waals surface area contributed by atoms with Crippen molar-refractivity contribution in [2.24, 2.45) is 29.4 Å². The molecule has 4 bridgehead atoms. The molecule has 0 amide bonds. The van der Waals surface area contributed by atoms with Gasteiger partial charge in [0, 0.05) is 31.8 Å². The Labute approximate surface area is 123 Å². The molecule has 0 radical (unpaired) electrons. The minimum atomic E-state index is 0.327. The molecule has 5 fully saturated rings. The fraction of sp³-hybridized carbons (Fsp3) is 1.00. The molecule has 5 rings (SSSR count). The van der Waals surface area contributed by atoms with E-state index in [4.69, 9.17) is 10.5 Å². The van der Waals surface area contributed by atoms with Crippen LogP contribution in [-0.2, 0) is 4.74 Å². The van der Waals surface area contributed by atoms with Gasteiger partial charge in [0.1, 0.15) is 0 Å². The van der Waals surface area contributed by atoms with Crippen LogP contribution in [0.2, 0.25) is 0 Å². The fourth-order valence-electron chi connectivity index (χ4n) is 6.23. The zero-order chi connectivity index (χ0) is 13.7. The van der Waals surface area contributed by atoms with Gasteiger partial charge in [0.15, 0.2) is 0 Å². The van der Waals surface area contributed by atoms with Crippen molar-refractivity contribution in [3.63, 3.8) is 0 Å². The molecule has 2 N–H and O–H groups in total. The highest BCUT2D eigenvalue weighted by Crippen LogP contribution is 2.61. The summed E-state index contributed by atoms with van der Waals surface area (Å²) in [6.45, 7) is 2.84. The smallest absolute Gasteiger partial charge is 0.0590 e. The topological polar surface area (TPSA) is 38.5 Å². The van der Waals surface area contributed by atoms with Crippen molar-refractivity contribution in [3.8, 4) is 0 Å². The monoisotopic (exact) mass is 278 g/mol. The highest BCUT2D eigenvalue weighted by atomic mass is 16.5. The van der Waals surface area contributed by atoms with Crippen LogP contribution in [-0.4, -0.2) is 43.3 Å². The molecule has 0 unspecified atom stereocenters. The van der Waals surface area contributed by atoms with Gasteiger partial charge in [0.2, 0.25) is 0 Å². The summed E-state index contributed by atoms with van der Waals surface area (Å²) in [5.74, 6) is 3.81. The fourth-order valence-corrected chi connectivity index (χ4v) is 6.23. The van der Waals surface area contributed by atoms with Crippen LogP contribution in [0.1, 0.15) is 44.9 Å². The molecule has 114 valence electrons. The third-order valence-electron chi connectivity index (χ3n) is 6.94. The lowest BCUT2D eigenvalue weighted by molar-refractivity contribution is -0.137. The normalized spacial score (nSPS) is 46.4. The van der Waals surface area contributed by atoms with Crippen LogP contribution in [0.5, 0.6) is 0 Å². The third kappa shape index (κ3) is 1.89. The SMILES string of the molecule is COCCN(C1CC1)C1(CN)C2CC3CC(C2)CC1C3. The molecule has 0 aliphatic heterocycles. The van der Waals surface area contributed by atoms with Gasteiger partial charge in [-0.2, -0.15) is 0 Å². The Hall–Kier alpha value is -0.120. The largest absolute Gasteiger partial charge is 0.383 e. The van der Waals surface area contributed by atoms with Crippen LogP contribution in [0.25, 0.3) is 0 Å². The van der Waals surface area contributed by atoms with E-state index in [1.165, 1.54) is 44.9 Å². The summed E-state index contributed by atoms with van der Waals surface area (Å²) in [6, 6.07) is 0.811. The highest BCUT2D eigenvalue weighted by molar-refractivity contribution is 5.14. The summed E-state index contributed by atoms with van der Waals surface area (Å²) in [7, 11) is 1.83. The first-order chi connectivity index (χ1) is 9.77. The zero-order valence-corrected chi connectivity index (χ0v) is 12.9. The molecule has 0 atom stereocenters. The van der Waals surface area contributed by atoms with E-state index >= 15 is 0 Å². The van der Waals surface area contributed by atoms with E-state index < -0.39 is 0 Å². The zero-order valence-electron chi connectivity index (χ0n) is 12.9. The molecule has 5 aliphatic rings. The number of rotatable bonds is 6. The van der Waals surface area contributed by atoms with E-state index in [2.05, 4.69) is 4.90 Å². The Kier molecular flexibility index (Phi) is 3.36. The van der Waals surface area contributed by atoms with Gasteiger partial charge in [-0.3, -0.25) is 4.90 Å². The predicted molar refractivity (Wildman–Crippen MR) is 80.4 cm³/mol. The Morgan fingerprint density at radius 1 is 1.05 bits per heavy atom. The molecule has 5 saturated carbocycles.